The lowest BCUT2D eigenvalue weighted by atomic mass is 9.74. The van der Waals surface area contributed by atoms with Gasteiger partial charge in [-0.3, -0.25) is 5.01 Å². The first-order valence-corrected chi connectivity index (χ1v) is 15.1. The van der Waals surface area contributed by atoms with Crippen LogP contribution in [0.2, 0.25) is 0 Å². The number of hydrogen-bond acceptors (Lipinski definition) is 8. The average molecular weight is 529 g/mol. The van der Waals surface area contributed by atoms with Crippen LogP contribution in [0.3, 0.4) is 0 Å². The van der Waals surface area contributed by atoms with Gasteiger partial charge < -0.3 is 21.8 Å². The molecule has 1 aromatic rings. The molecule has 8 nitrogen and oxygen atoms in total. The Bertz CT molecular complexity index is 813. The normalized spacial score (nSPS) is 18.9. The van der Waals surface area contributed by atoms with Crippen molar-refractivity contribution in [1.82, 2.24) is 15.3 Å². The first-order chi connectivity index (χ1) is 18.6. The average Bonchev–Trinajstić information content (AvgIpc) is 3.36. The predicted molar refractivity (Wildman–Crippen MR) is 160 cm³/mol. The van der Waals surface area contributed by atoms with Gasteiger partial charge in [0, 0.05) is 32.4 Å². The van der Waals surface area contributed by atoms with Crippen LogP contribution < -0.4 is 22.6 Å². The van der Waals surface area contributed by atoms with E-state index in [1.165, 1.54) is 56.1 Å². The molecule has 1 aliphatic heterocycles. The van der Waals surface area contributed by atoms with Crippen LogP contribution in [0.15, 0.2) is 46.9 Å². The van der Waals surface area contributed by atoms with E-state index in [2.05, 4.69) is 61.7 Å². The molecule has 1 aromatic carbocycles. The van der Waals surface area contributed by atoms with Gasteiger partial charge in [-0.1, -0.05) is 101 Å². The third kappa shape index (κ3) is 9.63. The fourth-order valence-electron chi connectivity index (χ4n) is 5.51. The lowest BCUT2D eigenvalue weighted by molar-refractivity contribution is 0.209. The zero-order valence-corrected chi connectivity index (χ0v) is 24.5. The van der Waals surface area contributed by atoms with Crippen LogP contribution >= 0.6 is 0 Å². The van der Waals surface area contributed by atoms with E-state index in [9.17, 15) is 0 Å². The summed E-state index contributed by atoms with van der Waals surface area (Å²) in [7, 11) is 0. The largest absolute Gasteiger partial charge is 0.329 e. The maximum Gasteiger partial charge on any atom is 0.130 e. The maximum atomic E-state index is 6.65. The number of unbranched alkanes of at least 4 members (excludes halogenated alkanes) is 6. The first kappa shape index (κ1) is 32.2. The van der Waals surface area contributed by atoms with Crippen molar-refractivity contribution in [2.24, 2.45) is 33.6 Å². The smallest absolute Gasteiger partial charge is 0.130 e. The van der Waals surface area contributed by atoms with Crippen LogP contribution in [-0.4, -0.2) is 49.3 Å². The molecule has 0 bridgehead atoms. The van der Waals surface area contributed by atoms with E-state index in [1.807, 2.05) is 16.2 Å². The Labute approximate surface area is 232 Å². The van der Waals surface area contributed by atoms with Crippen molar-refractivity contribution in [3.05, 3.63) is 47.7 Å². The van der Waals surface area contributed by atoms with E-state index < -0.39 is 0 Å². The molecule has 8 heteroatoms. The molecule has 3 atom stereocenters. The van der Waals surface area contributed by atoms with E-state index in [0.29, 0.717) is 19.0 Å². The molecule has 0 saturated carbocycles. The second kappa shape index (κ2) is 18.3. The first-order valence-electron chi connectivity index (χ1n) is 15.1. The molecule has 38 heavy (non-hydrogen) atoms. The topological polar surface area (TPSA) is 121 Å². The van der Waals surface area contributed by atoms with Crippen LogP contribution in [0.25, 0.3) is 0 Å². The number of rotatable bonds is 21. The van der Waals surface area contributed by atoms with Crippen LogP contribution in [0.4, 0.5) is 0 Å². The van der Waals surface area contributed by atoms with Gasteiger partial charge in [0.25, 0.3) is 0 Å². The highest BCUT2D eigenvalue weighted by Crippen LogP contribution is 2.44. The third-order valence-electron chi connectivity index (χ3n) is 7.78. The minimum absolute atomic E-state index is 0.0101. The Hall–Kier alpha value is -2.00. The van der Waals surface area contributed by atoms with E-state index in [0.717, 1.165) is 45.4 Å². The summed E-state index contributed by atoms with van der Waals surface area (Å²) in [5.41, 5.74) is 13.7. The highest BCUT2D eigenvalue weighted by Gasteiger charge is 2.45. The monoisotopic (exact) mass is 528 g/mol. The van der Waals surface area contributed by atoms with Gasteiger partial charge in [-0.05, 0) is 36.3 Å². The quantitative estimate of drug-likeness (QED) is 0.0965. The Balaban J connectivity index is 2.34. The molecule has 0 amide bonds. The molecule has 2 rings (SSSR count). The standard InChI is InChI=1S/C30H56N8/c1-4-7-9-10-11-13-21-38(33)29(24-34-20-18-31)26-15-14-17-28(23-26)30(25-37(22-19-32)36-35-30)27(6-3)16-12-8-5-2/h13-15,17,21,23,27,29,34H,4-12,16,18-20,22,24-25,31-33H2,1-3H3. The fraction of sp³-hybridized carbons (Fsp3) is 0.733. The Morgan fingerprint density at radius 3 is 2.58 bits per heavy atom. The van der Waals surface area contributed by atoms with Crippen molar-refractivity contribution in [3.8, 4) is 0 Å². The highest BCUT2D eigenvalue weighted by molar-refractivity contribution is 5.34. The molecular weight excluding hydrogens is 472 g/mol. The fourth-order valence-corrected chi connectivity index (χ4v) is 5.51. The van der Waals surface area contributed by atoms with Gasteiger partial charge in [0.1, 0.15) is 5.54 Å². The maximum absolute atomic E-state index is 6.65. The minimum atomic E-state index is -0.364. The molecule has 3 unspecified atom stereocenters. The summed E-state index contributed by atoms with van der Waals surface area (Å²) in [4.78, 5) is 0. The van der Waals surface area contributed by atoms with Gasteiger partial charge in [-0.25, -0.2) is 5.84 Å². The van der Waals surface area contributed by atoms with Gasteiger partial charge in [0.05, 0.1) is 19.1 Å². The molecular formula is C30H56N8. The summed E-state index contributed by atoms with van der Waals surface area (Å²) >= 11 is 0. The van der Waals surface area contributed by atoms with Gasteiger partial charge in [0.15, 0.2) is 0 Å². The summed E-state index contributed by atoms with van der Waals surface area (Å²) in [6.07, 6.45) is 16.2. The Morgan fingerprint density at radius 1 is 1.08 bits per heavy atom. The number of nitrogens with one attached hydrogen (secondary N) is 1. The zero-order chi connectivity index (χ0) is 27.6. The summed E-state index contributed by atoms with van der Waals surface area (Å²) in [6, 6.07) is 8.88. The number of nitrogens with two attached hydrogens (primary N) is 3. The molecule has 0 fully saturated rings. The van der Waals surface area contributed by atoms with E-state index in [1.54, 1.807) is 0 Å². The molecule has 0 aliphatic carbocycles. The minimum Gasteiger partial charge on any atom is -0.329 e. The van der Waals surface area contributed by atoms with Crippen molar-refractivity contribution >= 4 is 0 Å². The molecule has 0 saturated heterocycles. The molecule has 216 valence electrons. The number of benzene rings is 1. The molecule has 0 spiro atoms. The van der Waals surface area contributed by atoms with E-state index in [4.69, 9.17) is 22.4 Å². The van der Waals surface area contributed by atoms with Crippen molar-refractivity contribution in [2.75, 3.05) is 39.3 Å². The van der Waals surface area contributed by atoms with Crippen molar-refractivity contribution < 1.29 is 0 Å². The predicted octanol–water partition coefficient (Wildman–Crippen LogP) is 5.38. The van der Waals surface area contributed by atoms with Crippen molar-refractivity contribution in [3.63, 3.8) is 0 Å². The second-order valence-electron chi connectivity index (χ2n) is 10.7. The summed E-state index contributed by atoms with van der Waals surface area (Å²) in [5.74, 6) is 7.07. The lowest BCUT2D eigenvalue weighted by Gasteiger charge is -2.35. The van der Waals surface area contributed by atoms with Crippen LogP contribution in [0.1, 0.15) is 102 Å². The summed E-state index contributed by atoms with van der Waals surface area (Å²) in [6.45, 7) is 10.9. The van der Waals surface area contributed by atoms with Gasteiger partial charge in [-0.15, -0.1) is 0 Å². The van der Waals surface area contributed by atoms with Gasteiger partial charge in [-0.2, -0.15) is 5.11 Å². The number of nitrogens with zero attached hydrogens (tertiary/aromatic N) is 4. The molecule has 1 heterocycles. The third-order valence-corrected chi connectivity index (χ3v) is 7.78. The number of hydrogen-bond donors (Lipinski definition) is 4. The van der Waals surface area contributed by atoms with E-state index >= 15 is 0 Å². The summed E-state index contributed by atoms with van der Waals surface area (Å²) in [5, 5.41) is 17.0. The Kier molecular flexibility index (Phi) is 15.5. The van der Waals surface area contributed by atoms with E-state index in [-0.39, 0.29) is 11.6 Å². The zero-order valence-electron chi connectivity index (χ0n) is 24.5. The van der Waals surface area contributed by atoms with Gasteiger partial charge >= 0.3 is 0 Å². The van der Waals surface area contributed by atoms with Crippen molar-refractivity contribution in [2.45, 2.75) is 96.6 Å². The summed E-state index contributed by atoms with van der Waals surface area (Å²) < 4.78 is 0. The van der Waals surface area contributed by atoms with Crippen molar-refractivity contribution in [1.29, 1.82) is 0 Å². The highest BCUT2D eigenvalue weighted by atomic mass is 15.6. The lowest BCUT2D eigenvalue weighted by Crippen LogP contribution is -2.41. The SMILES string of the molecule is CCCCCCC=CN(N)C(CNCCN)c1cccc(C2(C(CC)CCCCC)CN(CCN)N=N2)c1. The number of allylic oxidation sites excluding steroid dienone is 1. The molecule has 1 aliphatic rings. The van der Waals surface area contributed by atoms with Crippen LogP contribution in [-0.2, 0) is 5.54 Å². The molecule has 0 aromatic heterocycles. The van der Waals surface area contributed by atoms with Crippen LogP contribution in [0.5, 0.6) is 0 Å². The second-order valence-corrected chi connectivity index (χ2v) is 10.7. The van der Waals surface area contributed by atoms with Crippen LogP contribution in [0, 0.1) is 5.92 Å². The molecule has 7 N–H and O–H groups in total. The molecule has 0 radical (unpaired) electrons. The Morgan fingerprint density at radius 2 is 1.87 bits per heavy atom. The van der Waals surface area contributed by atoms with Gasteiger partial charge in [0.2, 0.25) is 0 Å². The number of hydrazine groups is 1.